The first kappa shape index (κ1) is 18.9. The summed E-state index contributed by atoms with van der Waals surface area (Å²) >= 11 is 0. The van der Waals surface area contributed by atoms with E-state index in [4.69, 9.17) is 0 Å². The molecule has 24 heavy (non-hydrogen) atoms. The highest BCUT2D eigenvalue weighted by Gasteiger charge is 2.34. The van der Waals surface area contributed by atoms with Crippen molar-refractivity contribution >= 4 is 15.9 Å². The summed E-state index contributed by atoms with van der Waals surface area (Å²) in [7, 11) is -1.83. The van der Waals surface area contributed by atoms with Gasteiger partial charge >= 0.3 is 0 Å². The van der Waals surface area contributed by atoms with Gasteiger partial charge in [-0.15, -0.1) is 0 Å². The third kappa shape index (κ3) is 3.35. The van der Waals surface area contributed by atoms with Gasteiger partial charge in [0.1, 0.15) is 4.90 Å². The lowest BCUT2D eigenvalue weighted by Crippen LogP contribution is -2.51. The van der Waals surface area contributed by atoms with Gasteiger partial charge in [-0.25, -0.2) is 8.42 Å². The monoisotopic (exact) mass is 356 g/mol. The lowest BCUT2D eigenvalue weighted by molar-refractivity contribution is -0.136. The molecule has 0 radical (unpaired) electrons. The second-order valence-corrected chi connectivity index (χ2v) is 8.24. The first-order valence-corrected chi connectivity index (χ1v) is 9.97. The number of hydrogen-bond donors (Lipinski definition) is 0. The number of rotatable bonds is 5. The van der Waals surface area contributed by atoms with E-state index in [0.29, 0.717) is 42.5 Å². The lowest BCUT2D eigenvalue weighted by atomic mass is 10.0. The number of amides is 1. The summed E-state index contributed by atoms with van der Waals surface area (Å²) in [6.07, 6.45) is 1.64. The molecular weight excluding hydrogens is 328 g/mol. The fourth-order valence-corrected chi connectivity index (χ4v) is 5.12. The number of piperazine rings is 1. The van der Waals surface area contributed by atoms with Gasteiger partial charge in [-0.3, -0.25) is 9.48 Å². The Morgan fingerprint density at radius 2 is 1.67 bits per heavy atom. The molecule has 8 heteroatoms. The Kier molecular flexibility index (Phi) is 5.70. The molecule has 136 valence electrons. The van der Waals surface area contributed by atoms with Crippen LogP contribution in [0.25, 0.3) is 0 Å². The SMILES string of the molecule is CCC(CC)C(=O)N1CCN(S(=O)(=O)c2c(C)nn(C)c2C)CC1. The van der Waals surface area contributed by atoms with Crippen LogP contribution in [-0.4, -0.2) is 59.5 Å². The van der Waals surface area contributed by atoms with Crippen LogP contribution in [0, 0.1) is 19.8 Å². The second-order valence-electron chi connectivity index (χ2n) is 6.37. The van der Waals surface area contributed by atoms with E-state index in [2.05, 4.69) is 5.10 Å². The minimum atomic E-state index is -3.57. The van der Waals surface area contributed by atoms with Gasteiger partial charge in [0.15, 0.2) is 0 Å². The zero-order valence-electron chi connectivity index (χ0n) is 15.2. The van der Waals surface area contributed by atoms with Crippen LogP contribution in [0.5, 0.6) is 0 Å². The van der Waals surface area contributed by atoms with E-state index in [9.17, 15) is 13.2 Å². The first-order valence-electron chi connectivity index (χ1n) is 8.53. The van der Waals surface area contributed by atoms with Crippen molar-refractivity contribution in [3.63, 3.8) is 0 Å². The normalized spacial score (nSPS) is 16.8. The molecule has 0 saturated carbocycles. The van der Waals surface area contributed by atoms with Gasteiger partial charge in [-0.1, -0.05) is 13.8 Å². The summed E-state index contributed by atoms with van der Waals surface area (Å²) < 4.78 is 28.9. The maximum Gasteiger partial charge on any atom is 0.246 e. The van der Waals surface area contributed by atoms with E-state index in [1.54, 1.807) is 30.5 Å². The average molecular weight is 356 g/mol. The number of aromatic nitrogens is 2. The van der Waals surface area contributed by atoms with Crippen molar-refractivity contribution < 1.29 is 13.2 Å². The van der Waals surface area contributed by atoms with Crippen molar-refractivity contribution in [3.05, 3.63) is 11.4 Å². The van der Waals surface area contributed by atoms with Crippen molar-refractivity contribution in [1.29, 1.82) is 0 Å². The van der Waals surface area contributed by atoms with Crippen LogP contribution in [0.15, 0.2) is 4.90 Å². The number of nitrogens with zero attached hydrogens (tertiary/aromatic N) is 4. The predicted molar refractivity (Wildman–Crippen MR) is 92.1 cm³/mol. The molecule has 0 N–H and O–H groups in total. The molecule has 0 unspecified atom stereocenters. The van der Waals surface area contributed by atoms with E-state index in [1.165, 1.54) is 4.31 Å². The van der Waals surface area contributed by atoms with Crippen molar-refractivity contribution in [3.8, 4) is 0 Å². The number of hydrogen-bond acceptors (Lipinski definition) is 4. The number of carbonyl (C=O) groups excluding carboxylic acids is 1. The molecule has 0 bridgehead atoms. The second kappa shape index (κ2) is 7.23. The van der Waals surface area contributed by atoms with Gasteiger partial charge < -0.3 is 4.90 Å². The molecule has 1 aromatic heterocycles. The van der Waals surface area contributed by atoms with Crippen LogP contribution in [-0.2, 0) is 21.9 Å². The number of aryl methyl sites for hydroxylation is 2. The number of sulfonamides is 1. The summed E-state index contributed by atoms with van der Waals surface area (Å²) in [4.78, 5) is 14.5. The molecule has 0 spiro atoms. The van der Waals surface area contributed by atoms with E-state index < -0.39 is 10.0 Å². The van der Waals surface area contributed by atoms with Crippen LogP contribution in [0.4, 0.5) is 0 Å². The van der Waals surface area contributed by atoms with Crippen molar-refractivity contribution in [2.75, 3.05) is 26.2 Å². The Morgan fingerprint density at radius 1 is 1.12 bits per heavy atom. The van der Waals surface area contributed by atoms with E-state index in [0.717, 1.165) is 12.8 Å². The van der Waals surface area contributed by atoms with Gasteiger partial charge in [0.2, 0.25) is 15.9 Å². The summed E-state index contributed by atoms with van der Waals surface area (Å²) in [5.41, 5.74) is 1.16. The largest absolute Gasteiger partial charge is 0.340 e. The molecule has 1 aliphatic heterocycles. The van der Waals surface area contributed by atoms with Crippen LogP contribution in [0.3, 0.4) is 0 Å². The predicted octanol–water partition coefficient (Wildman–Crippen LogP) is 1.31. The third-order valence-electron chi connectivity index (χ3n) is 4.93. The Bertz CT molecular complexity index is 699. The highest BCUT2D eigenvalue weighted by Crippen LogP contribution is 2.24. The molecule has 0 aromatic carbocycles. The smallest absolute Gasteiger partial charge is 0.246 e. The zero-order chi connectivity index (χ0) is 18.1. The van der Waals surface area contributed by atoms with Gasteiger partial charge in [-0.2, -0.15) is 9.40 Å². The molecular formula is C16H28N4O3S. The third-order valence-corrected chi connectivity index (χ3v) is 7.08. The molecule has 1 aliphatic rings. The Hall–Kier alpha value is -1.41. The van der Waals surface area contributed by atoms with Crippen LogP contribution < -0.4 is 0 Å². The molecule has 1 amide bonds. The van der Waals surface area contributed by atoms with Gasteiger partial charge in [0.05, 0.1) is 11.4 Å². The van der Waals surface area contributed by atoms with Crippen molar-refractivity contribution in [2.24, 2.45) is 13.0 Å². The highest BCUT2D eigenvalue weighted by molar-refractivity contribution is 7.89. The first-order chi connectivity index (χ1) is 11.2. The fourth-order valence-electron chi connectivity index (χ4n) is 3.30. The molecule has 2 heterocycles. The highest BCUT2D eigenvalue weighted by atomic mass is 32.2. The Balaban J connectivity index is 2.13. The van der Waals surface area contributed by atoms with E-state index in [1.807, 2.05) is 13.8 Å². The van der Waals surface area contributed by atoms with E-state index >= 15 is 0 Å². The van der Waals surface area contributed by atoms with Gasteiger partial charge in [0.25, 0.3) is 0 Å². The average Bonchev–Trinajstić information content (AvgIpc) is 2.81. The maximum absolute atomic E-state index is 12.9. The van der Waals surface area contributed by atoms with Crippen molar-refractivity contribution in [1.82, 2.24) is 19.0 Å². The van der Waals surface area contributed by atoms with Crippen LogP contribution in [0.1, 0.15) is 38.1 Å². The van der Waals surface area contributed by atoms with Crippen LogP contribution >= 0.6 is 0 Å². The quantitative estimate of drug-likeness (QED) is 0.797. The zero-order valence-corrected chi connectivity index (χ0v) is 16.1. The minimum Gasteiger partial charge on any atom is -0.340 e. The standard InChI is InChI=1S/C16H28N4O3S/c1-6-14(7-2)16(21)19-8-10-20(11-9-19)24(22,23)15-12(3)17-18(5)13(15)4/h14H,6-11H2,1-5H3. The molecule has 7 nitrogen and oxygen atoms in total. The summed E-state index contributed by atoms with van der Waals surface area (Å²) in [5.74, 6) is 0.182. The molecule has 0 aliphatic carbocycles. The summed E-state index contributed by atoms with van der Waals surface area (Å²) in [6, 6.07) is 0. The summed E-state index contributed by atoms with van der Waals surface area (Å²) in [6.45, 7) is 9.08. The van der Waals surface area contributed by atoms with Crippen molar-refractivity contribution in [2.45, 2.75) is 45.4 Å². The van der Waals surface area contributed by atoms with Gasteiger partial charge in [0, 0.05) is 39.1 Å². The molecule has 1 fully saturated rings. The minimum absolute atomic E-state index is 0.0379. The molecule has 2 rings (SSSR count). The molecule has 1 saturated heterocycles. The topological polar surface area (TPSA) is 75.5 Å². The lowest BCUT2D eigenvalue weighted by Gasteiger charge is -2.35. The summed E-state index contributed by atoms with van der Waals surface area (Å²) in [5, 5.41) is 4.21. The fraction of sp³-hybridized carbons (Fsp3) is 0.750. The maximum atomic E-state index is 12.9. The Morgan fingerprint density at radius 3 is 2.08 bits per heavy atom. The van der Waals surface area contributed by atoms with Crippen LogP contribution in [0.2, 0.25) is 0 Å². The molecule has 1 aromatic rings. The van der Waals surface area contributed by atoms with Gasteiger partial charge in [-0.05, 0) is 26.7 Å². The molecule has 0 atom stereocenters. The van der Waals surface area contributed by atoms with E-state index in [-0.39, 0.29) is 11.8 Å². The Labute approximate surface area is 144 Å². The number of carbonyl (C=O) groups is 1.